The van der Waals surface area contributed by atoms with Crippen LogP contribution in [0.3, 0.4) is 0 Å². The molecule has 0 unspecified atom stereocenters. The summed E-state index contributed by atoms with van der Waals surface area (Å²) in [6.45, 7) is 2.70. The molecule has 0 saturated carbocycles. The smallest absolute Gasteiger partial charge is 0.336 e. The molecule has 1 N–H and O–H groups in total. The average Bonchev–Trinajstić information content (AvgIpc) is 2.41. The third-order valence-electron chi connectivity index (χ3n) is 3.24. The van der Waals surface area contributed by atoms with E-state index in [1.165, 1.54) is 6.07 Å². The predicted molar refractivity (Wildman–Crippen MR) is 69.3 cm³/mol. The molecule has 7 nitrogen and oxygen atoms in total. The van der Waals surface area contributed by atoms with Gasteiger partial charge in [-0.3, -0.25) is 10.1 Å². The summed E-state index contributed by atoms with van der Waals surface area (Å²) in [6.07, 6.45) is 1.26. The lowest BCUT2D eigenvalue weighted by atomic mass is 10.1. The van der Waals surface area contributed by atoms with Crippen LogP contribution in [0.4, 0.5) is 5.69 Å². The Bertz CT molecular complexity index is 536. The van der Waals surface area contributed by atoms with E-state index in [4.69, 9.17) is 14.6 Å². The summed E-state index contributed by atoms with van der Waals surface area (Å²) in [6, 6.07) is 2.38. The Morgan fingerprint density at radius 3 is 2.65 bits per heavy atom. The topological polar surface area (TPSA) is 98.9 Å². The van der Waals surface area contributed by atoms with Crippen LogP contribution >= 0.6 is 0 Å². The van der Waals surface area contributed by atoms with Crippen molar-refractivity contribution in [2.45, 2.75) is 25.9 Å². The Morgan fingerprint density at radius 1 is 1.45 bits per heavy atom. The number of benzene rings is 1. The quantitative estimate of drug-likeness (QED) is 0.670. The highest BCUT2D eigenvalue weighted by molar-refractivity contribution is 5.89. The molecule has 1 heterocycles. The van der Waals surface area contributed by atoms with Crippen molar-refractivity contribution >= 4 is 11.7 Å². The summed E-state index contributed by atoms with van der Waals surface area (Å²) >= 11 is 0. The molecule has 0 spiro atoms. The van der Waals surface area contributed by atoms with Crippen molar-refractivity contribution in [1.29, 1.82) is 0 Å². The van der Waals surface area contributed by atoms with Crippen molar-refractivity contribution in [1.82, 2.24) is 0 Å². The van der Waals surface area contributed by atoms with E-state index in [-0.39, 0.29) is 23.1 Å². The number of hydrogen-bond donors (Lipinski definition) is 1. The van der Waals surface area contributed by atoms with Gasteiger partial charge in [0.25, 0.3) is 5.69 Å². The fraction of sp³-hybridized carbons (Fsp3) is 0.462. The van der Waals surface area contributed by atoms with Gasteiger partial charge in [-0.05, 0) is 13.0 Å². The second-order valence-corrected chi connectivity index (χ2v) is 4.61. The van der Waals surface area contributed by atoms with Crippen LogP contribution in [0.1, 0.15) is 28.8 Å². The molecule has 0 amide bonds. The van der Waals surface area contributed by atoms with Gasteiger partial charge in [-0.2, -0.15) is 0 Å². The van der Waals surface area contributed by atoms with E-state index in [1.54, 1.807) is 6.92 Å². The number of nitro benzene ring substituents is 1. The number of ether oxygens (including phenoxy) is 2. The van der Waals surface area contributed by atoms with Gasteiger partial charge in [-0.25, -0.2) is 4.79 Å². The minimum Gasteiger partial charge on any atom is -0.490 e. The molecule has 1 aromatic rings. The number of aromatic carboxylic acids is 1. The van der Waals surface area contributed by atoms with Crippen molar-refractivity contribution in [3.63, 3.8) is 0 Å². The van der Waals surface area contributed by atoms with Gasteiger partial charge in [-0.15, -0.1) is 0 Å². The van der Waals surface area contributed by atoms with Crippen LogP contribution in [0, 0.1) is 17.0 Å². The molecule has 0 atom stereocenters. The Balaban J connectivity index is 2.34. The molecular weight excluding hydrogens is 266 g/mol. The lowest BCUT2D eigenvalue weighted by Crippen LogP contribution is -2.26. The maximum absolute atomic E-state index is 11.0. The monoisotopic (exact) mass is 281 g/mol. The summed E-state index contributed by atoms with van der Waals surface area (Å²) in [5.41, 5.74) is -0.0530. The Labute approximate surface area is 115 Å². The van der Waals surface area contributed by atoms with Gasteiger partial charge in [0, 0.05) is 18.9 Å². The minimum absolute atomic E-state index is 0.105. The van der Waals surface area contributed by atoms with Gasteiger partial charge < -0.3 is 14.6 Å². The first kappa shape index (κ1) is 14.3. The molecule has 0 bridgehead atoms. The van der Waals surface area contributed by atoms with Crippen LogP contribution in [0.25, 0.3) is 0 Å². The normalized spacial score (nSPS) is 15.8. The molecule has 1 aliphatic heterocycles. The summed E-state index contributed by atoms with van der Waals surface area (Å²) < 4.78 is 10.9. The van der Waals surface area contributed by atoms with Gasteiger partial charge in [0.15, 0.2) is 0 Å². The molecule has 0 aliphatic carbocycles. The number of carboxylic acids is 1. The van der Waals surface area contributed by atoms with Crippen LogP contribution in [0.5, 0.6) is 5.75 Å². The molecule has 1 aromatic carbocycles. The Morgan fingerprint density at radius 2 is 2.10 bits per heavy atom. The highest BCUT2D eigenvalue weighted by Gasteiger charge is 2.23. The Hall–Kier alpha value is -2.15. The second kappa shape index (κ2) is 5.87. The number of nitrogens with zero attached hydrogens (tertiary/aromatic N) is 1. The lowest BCUT2D eigenvalue weighted by Gasteiger charge is -2.24. The largest absolute Gasteiger partial charge is 0.490 e. The lowest BCUT2D eigenvalue weighted by molar-refractivity contribution is -0.385. The van der Waals surface area contributed by atoms with Gasteiger partial charge in [0.1, 0.15) is 11.9 Å². The average molecular weight is 281 g/mol. The van der Waals surface area contributed by atoms with Crippen molar-refractivity contribution in [3.8, 4) is 5.75 Å². The molecule has 2 rings (SSSR count). The van der Waals surface area contributed by atoms with Crippen LogP contribution in [0.2, 0.25) is 0 Å². The van der Waals surface area contributed by atoms with Crippen LogP contribution < -0.4 is 4.74 Å². The van der Waals surface area contributed by atoms with E-state index in [0.717, 1.165) is 6.07 Å². The standard InChI is InChI=1S/C13H15NO6/c1-8-11(14(17)18)6-9(13(15)16)7-12(8)20-10-2-4-19-5-3-10/h6-7,10H,2-5H2,1H3,(H,15,16). The van der Waals surface area contributed by atoms with E-state index in [9.17, 15) is 14.9 Å². The number of carbonyl (C=O) groups is 1. The highest BCUT2D eigenvalue weighted by Crippen LogP contribution is 2.31. The number of carboxylic acid groups (broad SMARTS) is 1. The number of hydrogen-bond acceptors (Lipinski definition) is 5. The van der Waals surface area contributed by atoms with Crippen molar-refractivity contribution < 1.29 is 24.3 Å². The maximum Gasteiger partial charge on any atom is 0.336 e. The predicted octanol–water partition coefficient (Wildman–Crippen LogP) is 2.16. The molecule has 0 radical (unpaired) electrons. The zero-order valence-corrected chi connectivity index (χ0v) is 11.0. The fourth-order valence-electron chi connectivity index (χ4n) is 2.08. The van der Waals surface area contributed by atoms with E-state index < -0.39 is 10.9 Å². The summed E-state index contributed by atoms with van der Waals surface area (Å²) in [5.74, 6) is -0.964. The first-order valence-corrected chi connectivity index (χ1v) is 6.25. The van der Waals surface area contributed by atoms with Crippen molar-refractivity contribution in [2.24, 2.45) is 0 Å². The zero-order chi connectivity index (χ0) is 14.7. The molecule has 7 heteroatoms. The highest BCUT2D eigenvalue weighted by atomic mass is 16.6. The Kier molecular flexibility index (Phi) is 4.19. The molecule has 0 aromatic heterocycles. The van der Waals surface area contributed by atoms with Crippen molar-refractivity contribution in [3.05, 3.63) is 33.4 Å². The number of nitro groups is 1. The van der Waals surface area contributed by atoms with E-state index in [0.29, 0.717) is 31.6 Å². The molecular formula is C13H15NO6. The third-order valence-corrected chi connectivity index (χ3v) is 3.24. The number of rotatable bonds is 4. The zero-order valence-electron chi connectivity index (χ0n) is 11.0. The molecule has 1 aliphatic rings. The second-order valence-electron chi connectivity index (χ2n) is 4.61. The summed E-state index contributed by atoms with van der Waals surface area (Å²) in [4.78, 5) is 21.4. The summed E-state index contributed by atoms with van der Waals surface area (Å²) in [7, 11) is 0. The third kappa shape index (κ3) is 3.05. The van der Waals surface area contributed by atoms with Gasteiger partial charge in [0.05, 0.1) is 29.3 Å². The van der Waals surface area contributed by atoms with Gasteiger partial charge in [-0.1, -0.05) is 0 Å². The molecule has 108 valence electrons. The minimum atomic E-state index is -1.22. The van der Waals surface area contributed by atoms with Gasteiger partial charge >= 0.3 is 5.97 Å². The van der Waals surface area contributed by atoms with Crippen LogP contribution in [-0.2, 0) is 4.74 Å². The molecule has 1 saturated heterocycles. The van der Waals surface area contributed by atoms with E-state index >= 15 is 0 Å². The first-order valence-electron chi connectivity index (χ1n) is 6.25. The maximum atomic E-state index is 11.0. The van der Waals surface area contributed by atoms with Gasteiger partial charge in [0.2, 0.25) is 0 Å². The summed E-state index contributed by atoms with van der Waals surface area (Å²) in [5, 5.41) is 20.0. The fourth-order valence-corrected chi connectivity index (χ4v) is 2.08. The van der Waals surface area contributed by atoms with E-state index in [2.05, 4.69) is 0 Å². The van der Waals surface area contributed by atoms with E-state index in [1.807, 2.05) is 0 Å². The SMILES string of the molecule is Cc1c(OC2CCOCC2)cc(C(=O)O)cc1[N+](=O)[O-]. The van der Waals surface area contributed by atoms with Crippen LogP contribution in [-0.4, -0.2) is 35.3 Å². The molecule has 20 heavy (non-hydrogen) atoms. The first-order chi connectivity index (χ1) is 9.49. The van der Waals surface area contributed by atoms with Crippen LogP contribution in [0.15, 0.2) is 12.1 Å². The van der Waals surface area contributed by atoms with Crippen molar-refractivity contribution in [2.75, 3.05) is 13.2 Å². The molecule has 1 fully saturated rings.